The molecule has 1 aromatic heterocycles. The van der Waals surface area contributed by atoms with E-state index in [-0.39, 0.29) is 6.09 Å². The number of hydrogen-bond donors (Lipinski definition) is 0. The second-order valence-electron chi connectivity index (χ2n) is 9.14. The molecule has 29 heavy (non-hydrogen) atoms. The van der Waals surface area contributed by atoms with E-state index in [0.29, 0.717) is 0 Å². The number of unbranched alkanes of at least 4 members (excludes halogenated alkanes) is 3. The molecule has 0 aromatic carbocycles. The van der Waals surface area contributed by atoms with Gasteiger partial charge in [0.05, 0.1) is 0 Å². The van der Waals surface area contributed by atoms with Crippen LogP contribution in [0, 0.1) is 0 Å². The Morgan fingerprint density at radius 1 is 1.10 bits per heavy atom. The van der Waals surface area contributed by atoms with Gasteiger partial charge in [0.1, 0.15) is 0 Å². The zero-order chi connectivity index (χ0) is 22.1. The number of carbonyl (C=O) groups excluding carboxylic acids is 1. The second kappa shape index (κ2) is 12.8. The van der Waals surface area contributed by atoms with Gasteiger partial charge in [0, 0.05) is 0 Å². The molecule has 0 aliphatic rings. The first-order chi connectivity index (χ1) is 13.6. The third-order valence-corrected chi connectivity index (χ3v) is 21.6. The molecule has 0 aliphatic carbocycles. The maximum atomic E-state index is 12.6. The first kappa shape index (κ1) is 27.0. The van der Waals surface area contributed by atoms with Crippen molar-refractivity contribution in [2.45, 2.75) is 104 Å². The first-order valence-electron chi connectivity index (χ1n) is 11.2. The fraction of sp³-hybridized carbons (Fsp3) is 0.818. The first-order valence-corrected chi connectivity index (χ1v) is 20.3. The van der Waals surface area contributed by atoms with Gasteiger partial charge < -0.3 is 0 Å². The van der Waals surface area contributed by atoms with Crippen molar-refractivity contribution in [2.75, 3.05) is 11.9 Å². The van der Waals surface area contributed by atoms with Crippen LogP contribution in [0.4, 0.5) is 10.6 Å². The Bertz CT molecular complexity index is 606. The van der Waals surface area contributed by atoms with Crippen molar-refractivity contribution in [1.82, 2.24) is 9.78 Å². The number of anilines is 1. The van der Waals surface area contributed by atoms with Crippen LogP contribution in [-0.4, -0.2) is 46.9 Å². The predicted octanol–water partition coefficient (Wildman–Crippen LogP) is 6.70. The molecule has 7 heteroatoms. The van der Waals surface area contributed by atoms with Crippen LogP contribution >= 0.6 is 22.6 Å². The number of alkyl halides is 1. The molecule has 0 N–H and O–H groups in total. The Hall–Kier alpha value is 0.00870. The molecular weight excluding hydrogens is 584 g/mol. The van der Waals surface area contributed by atoms with Crippen molar-refractivity contribution in [1.29, 1.82) is 0 Å². The molecule has 0 spiro atoms. The molecule has 0 saturated carbocycles. The van der Waals surface area contributed by atoms with Gasteiger partial charge in [0.15, 0.2) is 0 Å². The van der Waals surface area contributed by atoms with Crippen molar-refractivity contribution >= 4 is 56.6 Å². The molecule has 1 heterocycles. The SMILES string of the molecule is CCC[CH2][Sn]([CH2]CCC)([CH2]CCC)[c]1cc(N(C)C(=O)OC(C)(C)C)nn1CI. The van der Waals surface area contributed by atoms with Gasteiger partial charge in [-0.05, 0) is 0 Å². The van der Waals surface area contributed by atoms with Gasteiger partial charge in [-0.1, -0.05) is 0 Å². The van der Waals surface area contributed by atoms with E-state index >= 15 is 0 Å². The van der Waals surface area contributed by atoms with Crippen LogP contribution in [0.5, 0.6) is 0 Å². The Kier molecular flexibility index (Phi) is 11.9. The summed E-state index contributed by atoms with van der Waals surface area (Å²) in [7, 11) is 1.78. The van der Waals surface area contributed by atoms with Crippen LogP contribution in [0.15, 0.2) is 6.07 Å². The summed E-state index contributed by atoms with van der Waals surface area (Å²) < 4.78 is 14.3. The van der Waals surface area contributed by atoms with Gasteiger partial charge in [-0.25, -0.2) is 0 Å². The second-order valence-corrected chi connectivity index (χ2v) is 22.9. The molecule has 1 amide bonds. The average Bonchev–Trinajstić information content (AvgIpc) is 3.10. The van der Waals surface area contributed by atoms with Crippen LogP contribution in [0.2, 0.25) is 13.3 Å². The van der Waals surface area contributed by atoms with Crippen molar-refractivity contribution in [2.24, 2.45) is 0 Å². The van der Waals surface area contributed by atoms with Crippen molar-refractivity contribution in [3.8, 4) is 0 Å². The summed E-state index contributed by atoms with van der Waals surface area (Å²) in [6.07, 6.45) is 7.35. The Morgan fingerprint density at radius 3 is 1.97 bits per heavy atom. The van der Waals surface area contributed by atoms with Crippen LogP contribution < -0.4 is 8.61 Å². The normalized spacial score (nSPS) is 12.3. The predicted molar refractivity (Wildman–Crippen MR) is 135 cm³/mol. The zero-order valence-electron chi connectivity index (χ0n) is 19.7. The molecule has 0 unspecified atom stereocenters. The molecule has 0 saturated heterocycles. The molecule has 0 radical (unpaired) electrons. The number of hydrogen-bond acceptors (Lipinski definition) is 3. The molecule has 1 rings (SSSR count). The molecule has 0 bridgehead atoms. The molecule has 5 nitrogen and oxygen atoms in total. The van der Waals surface area contributed by atoms with E-state index in [1.54, 1.807) is 11.9 Å². The van der Waals surface area contributed by atoms with Gasteiger partial charge in [-0.3, -0.25) is 0 Å². The van der Waals surface area contributed by atoms with Crippen LogP contribution in [0.25, 0.3) is 0 Å². The maximum absolute atomic E-state index is 12.6. The van der Waals surface area contributed by atoms with Crippen molar-refractivity contribution in [3.05, 3.63) is 6.07 Å². The minimum absolute atomic E-state index is 0.335. The number of halogens is 1. The summed E-state index contributed by atoms with van der Waals surface area (Å²) >= 11 is -0.215. The van der Waals surface area contributed by atoms with Gasteiger partial charge in [-0.15, -0.1) is 0 Å². The number of rotatable bonds is 12. The summed E-state index contributed by atoms with van der Waals surface area (Å²) in [4.78, 5) is 14.2. The van der Waals surface area contributed by atoms with Crippen molar-refractivity contribution < 1.29 is 9.53 Å². The summed E-state index contributed by atoms with van der Waals surface area (Å²) in [6, 6.07) is 2.24. The fourth-order valence-corrected chi connectivity index (χ4v) is 21.6. The van der Waals surface area contributed by atoms with E-state index in [0.717, 1.165) is 10.4 Å². The summed E-state index contributed by atoms with van der Waals surface area (Å²) in [5.41, 5.74) is -0.508. The minimum atomic E-state index is -2.62. The Balaban J connectivity index is 3.34. The monoisotopic (exact) mass is 627 g/mol. The van der Waals surface area contributed by atoms with Gasteiger partial charge in [-0.2, -0.15) is 0 Å². The Labute approximate surface area is 196 Å². The molecule has 0 atom stereocenters. The fourth-order valence-electron chi connectivity index (χ4n) is 3.81. The summed E-state index contributed by atoms with van der Waals surface area (Å²) in [5, 5.41) is 4.86. The van der Waals surface area contributed by atoms with Gasteiger partial charge in [0.25, 0.3) is 0 Å². The molecule has 168 valence electrons. The summed E-state index contributed by atoms with van der Waals surface area (Å²) in [6.45, 7) is 12.6. The van der Waals surface area contributed by atoms with Crippen LogP contribution in [0.1, 0.15) is 80.1 Å². The van der Waals surface area contributed by atoms with E-state index in [4.69, 9.17) is 9.84 Å². The van der Waals surface area contributed by atoms with Crippen LogP contribution in [-0.2, 0) is 9.29 Å². The van der Waals surface area contributed by atoms with E-state index in [9.17, 15) is 4.79 Å². The topological polar surface area (TPSA) is 47.4 Å². The third-order valence-electron chi connectivity index (χ3n) is 5.46. The molecular formula is C22H42IN3O2Sn. The molecule has 1 aromatic rings. The van der Waals surface area contributed by atoms with Crippen LogP contribution in [0.3, 0.4) is 0 Å². The van der Waals surface area contributed by atoms with E-state index in [2.05, 4.69) is 54.1 Å². The number of nitrogens with zero attached hydrogens (tertiary/aromatic N) is 3. The third kappa shape index (κ3) is 8.22. The van der Waals surface area contributed by atoms with Crippen molar-refractivity contribution in [3.63, 3.8) is 0 Å². The van der Waals surface area contributed by atoms with Gasteiger partial charge >= 0.3 is 197 Å². The molecule has 0 aliphatic heterocycles. The van der Waals surface area contributed by atoms with E-state index < -0.39 is 24.0 Å². The number of carbonyl (C=O) groups is 1. The Morgan fingerprint density at radius 2 is 1.59 bits per heavy atom. The summed E-state index contributed by atoms with van der Waals surface area (Å²) in [5.74, 6) is 0.733. The number of ether oxygens (including phenoxy) is 1. The quantitative estimate of drug-likeness (QED) is 0.148. The van der Waals surface area contributed by atoms with Gasteiger partial charge in [0.2, 0.25) is 0 Å². The standard InChI is InChI=1S/C10H15IN3O2.3C4H9.Sn/c1-10(2,3)16-9(15)13(4)8-5-6-14(7-11)12-8;3*1-3-4-2;/h5H,7H2,1-4H3;3*1,3-4H2,2H3;. The number of aromatic nitrogens is 2. The number of amides is 1. The molecule has 0 fully saturated rings. The van der Waals surface area contributed by atoms with E-state index in [1.807, 2.05) is 20.8 Å². The van der Waals surface area contributed by atoms with E-state index in [1.165, 1.54) is 55.5 Å². The zero-order valence-corrected chi connectivity index (χ0v) is 24.7. The average molecular weight is 626 g/mol.